The monoisotopic (exact) mass is 353 g/mol. The van der Waals surface area contributed by atoms with Crippen molar-refractivity contribution in [3.05, 3.63) is 76.7 Å². The predicted molar refractivity (Wildman–Crippen MR) is 99.8 cm³/mol. The average Bonchev–Trinajstić information content (AvgIpc) is 3.15. The molecule has 1 aromatic carbocycles. The third-order valence-corrected chi connectivity index (χ3v) is 4.37. The van der Waals surface area contributed by atoms with Crippen molar-refractivity contribution >= 4 is 23.1 Å². The first-order chi connectivity index (χ1) is 12.2. The molecule has 0 atom stereocenters. The maximum Gasteiger partial charge on any atom is 0.322 e. The highest BCUT2D eigenvalue weighted by Crippen LogP contribution is 2.18. The number of hydrogen-bond donors (Lipinski definition) is 1. The highest BCUT2D eigenvalue weighted by molar-refractivity contribution is 7.07. The molecule has 3 rings (SSSR count). The molecule has 2 aromatic heterocycles. The van der Waals surface area contributed by atoms with Crippen molar-refractivity contribution in [2.45, 2.75) is 13.1 Å². The highest BCUT2D eigenvalue weighted by atomic mass is 32.1. The molecule has 6 heteroatoms. The number of benzene rings is 1. The third-order valence-electron chi connectivity index (χ3n) is 3.64. The first-order valence-corrected chi connectivity index (χ1v) is 8.80. The van der Waals surface area contributed by atoms with Crippen molar-refractivity contribution in [3.63, 3.8) is 0 Å². The normalized spacial score (nSPS) is 10.3. The van der Waals surface area contributed by atoms with Gasteiger partial charge in [0.1, 0.15) is 5.75 Å². The van der Waals surface area contributed by atoms with E-state index < -0.39 is 0 Å². The maximum absolute atomic E-state index is 12.8. The Kier molecular flexibility index (Phi) is 5.64. The van der Waals surface area contributed by atoms with Gasteiger partial charge >= 0.3 is 6.03 Å². The van der Waals surface area contributed by atoms with Crippen molar-refractivity contribution in [1.29, 1.82) is 0 Å². The van der Waals surface area contributed by atoms with Crippen molar-refractivity contribution < 1.29 is 9.53 Å². The molecule has 3 aromatic rings. The van der Waals surface area contributed by atoms with Gasteiger partial charge in [-0.05, 0) is 46.7 Å². The Morgan fingerprint density at radius 3 is 2.84 bits per heavy atom. The Labute approximate surface area is 150 Å². The van der Waals surface area contributed by atoms with Gasteiger partial charge < -0.3 is 15.0 Å². The molecule has 2 heterocycles. The van der Waals surface area contributed by atoms with Crippen LogP contribution in [0.1, 0.15) is 11.3 Å². The number of hydrogen-bond acceptors (Lipinski definition) is 4. The van der Waals surface area contributed by atoms with Crippen molar-refractivity contribution in [2.75, 3.05) is 12.4 Å². The summed E-state index contributed by atoms with van der Waals surface area (Å²) in [4.78, 5) is 18.9. The van der Waals surface area contributed by atoms with Crippen LogP contribution in [0.15, 0.2) is 65.5 Å². The minimum Gasteiger partial charge on any atom is -0.497 e. The number of thiophene rings is 1. The van der Waals surface area contributed by atoms with E-state index in [0.717, 1.165) is 11.3 Å². The number of carbonyl (C=O) groups excluding carboxylic acids is 1. The lowest BCUT2D eigenvalue weighted by molar-refractivity contribution is 0.206. The number of aromatic nitrogens is 1. The SMILES string of the molecule is COc1cccc(NC(=O)N(Cc2ccsc2)Cc2ccccn2)c1. The molecule has 0 bridgehead atoms. The smallest absolute Gasteiger partial charge is 0.322 e. The van der Waals surface area contributed by atoms with E-state index in [1.165, 1.54) is 0 Å². The zero-order valence-electron chi connectivity index (χ0n) is 13.9. The Morgan fingerprint density at radius 2 is 2.12 bits per heavy atom. The van der Waals surface area contributed by atoms with Gasteiger partial charge in [-0.15, -0.1) is 0 Å². The van der Waals surface area contributed by atoms with Gasteiger partial charge in [-0.25, -0.2) is 4.79 Å². The summed E-state index contributed by atoms with van der Waals surface area (Å²) in [7, 11) is 1.60. The lowest BCUT2D eigenvalue weighted by Crippen LogP contribution is -2.34. The molecule has 0 radical (unpaired) electrons. The van der Waals surface area contributed by atoms with Crippen molar-refractivity contribution in [3.8, 4) is 5.75 Å². The fraction of sp³-hybridized carbons (Fsp3) is 0.158. The summed E-state index contributed by atoms with van der Waals surface area (Å²) in [6, 6.07) is 14.9. The van der Waals surface area contributed by atoms with Gasteiger partial charge in [-0.3, -0.25) is 4.98 Å². The molecule has 5 nitrogen and oxygen atoms in total. The van der Waals surface area contributed by atoms with Gasteiger partial charge in [0.25, 0.3) is 0 Å². The van der Waals surface area contributed by atoms with E-state index in [2.05, 4.69) is 10.3 Å². The number of carbonyl (C=O) groups is 1. The summed E-state index contributed by atoms with van der Waals surface area (Å²) < 4.78 is 5.20. The number of ether oxygens (including phenoxy) is 1. The first kappa shape index (κ1) is 17.0. The second-order valence-electron chi connectivity index (χ2n) is 5.47. The molecule has 128 valence electrons. The summed E-state index contributed by atoms with van der Waals surface area (Å²) in [5.41, 5.74) is 2.64. The zero-order chi connectivity index (χ0) is 17.5. The van der Waals surface area contributed by atoms with Crippen LogP contribution in [0.25, 0.3) is 0 Å². The molecule has 0 aliphatic rings. The Bertz CT molecular complexity index is 807. The molecule has 0 aliphatic heterocycles. The molecule has 0 saturated carbocycles. The minimum absolute atomic E-state index is 0.176. The fourth-order valence-electron chi connectivity index (χ4n) is 2.39. The average molecular weight is 353 g/mol. The maximum atomic E-state index is 12.8. The minimum atomic E-state index is -0.176. The summed E-state index contributed by atoms with van der Waals surface area (Å²) >= 11 is 1.62. The van der Waals surface area contributed by atoms with E-state index in [1.807, 2.05) is 53.2 Å². The highest BCUT2D eigenvalue weighted by Gasteiger charge is 2.16. The lowest BCUT2D eigenvalue weighted by atomic mass is 10.2. The molecule has 0 unspecified atom stereocenters. The quantitative estimate of drug-likeness (QED) is 0.715. The van der Waals surface area contributed by atoms with E-state index in [9.17, 15) is 4.79 Å². The standard InChI is InChI=1S/C19H19N3O2S/c1-24-18-7-4-6-16(11-18)21-19(23)22(12-15-8-10-25-14-15)13-17-5-2-3-9-20-17/h2-11,14H,12-13H2,1H3,(H,21,23). The number of amides is 2. The van der Waals surface area contributed by atoms with Crippen LogP contribution in [-0.4, -0.2) is 23.0 Å². The molecule has 0 fully saturated rings. The van der Waals surface area contributed by atoms with E-state index in [0.29, 0.717) is 24.5 Å². The molecular weight excluding hydrogens is 334 g/mol. The van der Waals surface area contributed by atoms with Crippen LogP contribution in [0.3, 0.4) is 0 Å². The zero-order valence-corrected chi connectivity index (χ0v) is 14.7. The van der Waals surface area contributed by atoms with Crippen LogP contribution in [0.2, 0.25) is 0 Å². The van der Waals surface area contributed by atoms with Crippen LogP contribution in [-0.2, 0) is 13.1 Å². The largest absolute Gasteiger partial charge is 0.497 e. The Morgan fingerprint density at radius 1 is 1.20 bits per heavy atom. The van der Waals surface area contributed by atoms with Crippen LogP contribution < -0.4 is 10.1 Å². The number of nitrogens with zero attached hydrogens (tertiary/aromatic N) is 2. The fourth-order valence-corrected chi connectivity index (χ4v) is 3.05. The topological polar surface area (TPSA) is 54.5 Å². The van der Waals surface area contributed by atoms with Crippen LogP contribution >= 0.6 is 11.3 Å². The Balaban J connectivity index is 1.76. The summed E-state index contributed by atoms with van der Waals surface area (Å²) in [5, 5.41) is 6.99. The molecule has 0 aliphatic carbocycles. The summed E-state index contributed by atoms with van der Waals surface area (Å²) in [6.07, 6.45) is 1.73. The summed E-state index contributed by atoms with van der Waals surface area (Å²) in [6.45, 7) is 0.961. The van der Waals surface area contributed by atoms with E-state index in [1.54, 1.807) is 35.6 Å². The Hall–Kier alpha value is -2.86. The number of methoxy groups -OCH3 is 1. The second-order valence-corrected chi connectivity index (χ2v) is 6.25. The van der Waals surface area contributed by atoms with Crippen LogP contribution in [0, 0.1) is 0 Å². The molecule has 1 N–H and O–H groups in total. The van der Waals surface area contributed by atoms with Crippen LogP contribution in [0.4, 0.5) is 10.5 Å². The van der Waals surface area contributed by atoms with Gasteiger partial charge in [-0.2, -0.15) is 11.3 Å². The van der Waals surface area contributed by atoms with Gasteiger partial charge in [0.05, 0.1) is 19.3 Å². The lowest BCUT2D eigenvalue weighted by Gasteiger charge is -2.22. The predicted octanol–water partition coefficient (Wildman–Crippen LogP) is 4.39. The first-order valence-electron chi connectivity index (χ1n) is 7.85. The molecule has 2 amide bonds. The van der Waals surface area contributed by atoms with E-state index >= 15 is 0 Å². The van der Waals surface area contributed by atoms with E-state index in [4.69, 9.17) is 4.74 Å². The molecular formula is C19H19N3O2S. The molecule has 0 saturated heterocycles. The number of anilines is 1. The summed E-state index contributed by atoms with van der Waals surface area (Å²) in [5.74, 6) is 0.701. The number of nitrogens with one attached hydrogen (secondary N) is 1. The van der Waals surface area contributed by atoms with Crippen molar-refractivity contribution in [2.24, 2.45) is 0 Å². The van der Waals surface area contributed by atoms with Gasteiger partial charge in [0.15, 0.2) is 0 Å². The molecule has 25 heavy (non-hydrogen) atoms. The van der Waals surface area contributed by atoms with Crippen LogP contribution in [0.5, 0.6) is 5.75 Å². The van der Waals surface area contributed by atoms with Gasteiger partial charge in [-0.1, -0.05) is 12.1 Å². The number of urea groups is 1. The van der Waals surface area contributed by atoms with E-state index in [-0.39, 0.29) is 6.03 Å². The third kappa shape index (κ3) is 4.81. The molecule has 0 spiro atoms. The van der Waals surface area contributed by atoms with Gasteiger partial charge in [0, 0.05) is 24.5 Å². The second kappa shape index (κ2) is 8.30. The van der Waals surface area contributed by atoms with Crippen molar-refractivity contribution in [1.82, 2.24) is 9.88 Å². The van der Waals surface area contributed by atoms with Gasteiger partial charge in [0.2, 0.25) is 0 Å². The number of pyridine rings is 1. The number of rotatable bonds is 6.